The minimum atomic E-state index is 0.725. The second-order valence-corrected chi connectivity index (χ2v) is 4.64. The number of ether oxygens (including phenoxy) is 2. The van der Waals surface area contributed by atoms with Crippen LogP contribution in [-0.2, 0) is 4.74 Å². The molecule has 1 aromatic rings. The lowest BCUT2D eigenvalue weighted by Gasteiger charge is -2.29. The molecular formula is C14H19NO2S. The van der Waals surface area contributed by atoms with Crippen molar-refractivity contribution in [1.29, 1.82) is 0 Å². The van der Waals surface area contributed by atoms with Crippen LogP contribution in [-0.4, -0.2) is 42.8 Å². The predicted molar refractivity (Wildman–Crippen MR) is 76.3 cm³/mol. The molecule has 0 unspecified atom stereocenters. The van der Waals surface area contributed by atoms with Crippen LogP contribution in [0.15, 0.2) is 24.3 Å². The highest BCUT2D eigenvalue weighted by Gasteiger charge is 2.17. The van der Waals surface area contributed by atoms with Crippen LogP contribution in [0.3, 0.4) is 0 Å². The van der Waals surface area contributed by atoms with Crippen molar-refractivity contribution in [3.8, 4) is 5.75 Å². The largest absolute Gasteiger partial charge is 0.493 e. The fraction of sp³-hybridized carbons (Fsp3) is 0.500. The lowest BCUT2D eigenvalue weighted by Crippen LogP contribution is -2.40. The predicted octanol–water partition coefficient (Wildman–Crippen LogP) is 2.48. The molecule has 0 saturated carbocycles. The molecule has 3 nitrogen and oxygen atoms in total. The number of rotatable bonds is 4. The Hall–Kier alpha value is -1.13. The number of hydrogen-bond acceptors (Lipinski definition) is 3. The molecule has 1 heterocycles. The average Bonchev–Trinajstić information content (AvgIpc) is 2.45. The van der Waals surface area contributed by atoms with E-state index < -0.39 is 0 Å². The highest BCUT2D eigenvalue weighted by atomic mass is 32.1. The summed E-state index contributed by atoms with van der Waals surface area (Å²) in [5, 5.41) is 0. The third-order valence-electron chi connectivity index (χ3n) is 2.88. The zero-order valence-corrected chi connectivity index (χ0v) is 11.5. The van der Waals surface area contributed by atoms with Crippen molar-refractivity contribution in [2.45, 2.75) is 13.3 Å². The molecule has 1 saturated heterocycles. The lowest BCUT2D eigenvalue weighted by atomic mass is 10.2. The van der Waals surface area contributed by atoms with Gasteiger partial charge in [0, 0.05) is 13.1 Å². The Balaban J connectivity index is 2.12. The van der Waals surface area contributed by atoms with Crippen LogP contribution in [0.1, 0.15) is 18.9 Å². The van der Waals surface area contributed by atoms with E-state index in [1.54, 1.807) is 0 Å². The molecule has 0 spiro atoms. The summed E-state index contributed by atoms with van der Waals surface area (Å²) in [6.45, 7) is 6.05. The van der Waals surface area contributed by atoms with Crippen LogP contribution in [0.25, 0.3) is 0 Å². The molecule has 2 rings (SSSR count). The van der Waals surface area contributed by atoms with Crippen molar-refractivity contribution in [2.24, 2.45) is 0 Å². The first-order valence-electron chi connectivity index (χ1n) is 6.41. The Morgan fingerprint density at radius 2 is 2.06 bits per heavy atom. The van der Waals surface area contributed by atoms with E-state index in [-0.39, 0.29) is 0 Å². The average molecular weight is 265 g/mol. The minimum Gasteiger partial charge on any atom is -0.493 e. The molecule has 98 valence electrons. The molecule has 1 aliphatic heterocycles. The number of morpholine rings is 1. The van der Waals surface area contributed by atoms with E-state index in [2.05, 4.69) is 11.8 Å². The highest BCUT2D eigenvalue weighted by Crippen LogP contribution is 2.21. The van der Waals surface area contributed by atoms with E-state index >= 15 is 0 Å². The van der Waals surface area contributed by atoms with Gasteiger partial charge in [-0.1, -0.05) is 31.3 Å². The fourth-order valence-electron chi connectivity index (χ4n) is 1.92. The Morgan fingerprint density at radius 1 is 1.33 bits per heavy atom. The van der Waals surface area contributed by atoms with E-state index in [4.69, 9.17) is 21.7 Å². The van der Waals surface area contributed by atoms with Crippen LogP contribution < -0.4 is 4.74 Å². The topological polar surface area (TPSA) is 21.7 Å². The molecule has 0 N–H and O–H groups in total. The Morgan fingerprint density at radius 3 is 2.78 bits per heavy atom. The SMILES string of the molecule is CCCOc1ccccc1C(=S)N1CCOCC1. The molecule has 0 amide bonds. The van der Waals surface area contributed by atoms with Crippen LogP contribution in [0.5, 0.6) is 5.75 Å². The fourth-order valence-corrected chi connectivity index (χ4v) is 2.27. The van der Waals surface area contributed by atoms with Crippen molar-refractivity contribution in [1.82, 2.24) is 4.90 Å². The molecule has 18 heavy (non-hydrogen) atoms. The van der Waals surface area contributed by atoms with E-state index in [9.17, 15) is 0 Å². The molecule has 1 aromatic carbocycles. The van der Waals surface area contributed by atoms with Gasteiger partial charge < -0.3 is 14.4 Å². The molecule has 1 aliphatic rings. The van der Waals surface area contributed by atoms with Gasteiger partial charge in [0.25, 0.3) is 0 Å². The number of para-hydroxylation sites is 1. The summed E-state index contributed by atoms with van der Waals surface area (Å²) < 4.78 is 11.1. The molecule has 1 fully saturated rings. The standard InChI is InChI=1S/C14H19NO2S/c1-2-9-17-13-6-4-3-5-12(13)14(18)15-7-10-16-11-8-15/h3-6H,2,7-11H2,1H3. The summed E-state index contributed by atoms with van der Waals surface area (Å²) in [5.41, 5.74) is 1.02. The molecule has 0 aliphatic carbocycles. The molecule has 0 atom stereocenters. The highest BCUT2D eigenvalue weighted by molar-refractivity contribution is 7.80. The number of nitrogens with zero attached hydrogens (tertiary/aromatic N) is 1. The van der Waals surface area contributed by atoms with Gasteiger partial charge in [-0.2, -0.15) is 0 Å². The first kappa shape index (κ1) is 13.3. The summed E-state index contributed by atoms with van der Waals surface area (Å²) in [6, 6.07) is 8.00. The molecule has 4 heteroatoms. The van der Waals surface area contributed by atoms with Gasteiger partial charge >= 0.3 is 0 Å². The van der Waals surface area contributed by atoms with Gasteiger partial charge in [0.2, 0.25) is 0 Å². The summed E-state index contributed by atoms with van der Waals surface area (Å²) in [7, 11) is 0. The van der Waals surface area contributed by atoms with Gasteiger partial charge in [-0.05, 0) is 18.6 Å². The zero-order valence-electron chi connectivity index (χ0n) is 10.7. The van der Waals surface area contributed by atoms with Crippen LogP contribution in [0.4, 0.5) is 0 Å². The van der Waals surface area contributed by atoms with Crippen LogP contribution >= 0.6 is 12.2 Å². The number of thiocarbonyl (C=S) groups is 1. The Bertz CT molecular complexity index is 403. The summed E-state index contributed by atoms with van der Waals surface area (Å²) in [6.07, 6.45) is 0.999. The van der Waals surface area contributed by atoms with Gasteiger partial charge in [-0.3, -0.25) is 0 Å². The summed E-state index contributed by atoms with van der Waals surface area (Å²) in [5.74, 6) is 0.885. The second-order valence-electron chi connectivity index (χ2n) is 4.25. The number of hydrogen-bond donors (Lipinski definition) is 0. The number of benzene rings is 1. The molecular weight excluding hydrogens is 246 g/mol. The molecule has 0 bridgehead atoms. The summed E-state index contributed by atoms with van der Waals surface area (Å²) >= 11 is 5.57. The Kier molecular flexibility index (Phi) is 4.96. The maximum absolute atomic E-state index is 5.75. The maximum atomic E-state index is 5.75. The summed E-state index contributed by atoms with van der Waals surface area (Å²) in [4.78, 5) is 3.05. The van der Waals surface area contributed by atoms with E-state index in [1.165, 1.54) is 0 Å². The van der Waals surface area contributed by atoms with Gasteiger partial charge in [0.1, 0.15) is 10.7 Å². The molecule has 0 aromatic heterocycles. The molecule has 0 radical (unpaired) electrons. The van der Waals surface area contributed by atoms with Gasteiger partial charge in [-0.15, -0.1) is 0 Å². The van der Waals surface area contributed by atoms with Crippen molar-refractivity contribution in [3.05, 3.63) is 29.8 Å². The van der Waals surface area contributed by atoms with Crippen LogP contribution in [0.2, 0.25) is 0 Å². The van der Waals surface area contributed by atoms with Gasteiger partial charge in [-0.25, -0.2) is 0 Å². The van der Waals surface area contributed by atoms with Crippen molar-refractivity contribution in [3.63, 3.8) is 0 Å². The van der Waals surface area contributed by atoms with Crippen LogP contribution in [0, 0.1) is 0 Å². The third kappa shape index (κ3) is 3.21. The first-order valence-corrected chi connectivity index (χ1v) is 6.82. The van der Waals surface area contributed by atoms with Gasteiger partial charge in [0.05, 0.1) is 25.4 Å². The monoisotopic (exact) mass is 265 g/mol. The zero-order chi connectivity index (χ0) is 12.8. The van der Waals surface area contributed by atoms with E-state index in [0.717, 1.165) is 55.6 Å². The lowest BCUT2D eigenvalue weighted by molar-refractivity contribution is 0.0692. The van der Waals surface area contributed by atoms with Crippen molar-refractivity contribution < 1.29 is 9.47 Å². The Labute approximate surface area is 114 Å². The van der Waals surface area contributed by atoms with Crippen molar-refractivity contribution in [2.75, 3.05) is 32.9 Å². The third-order valence-corrected chi connectivity index (χ3v) is 3.36. The van der Waals surface area contributed by atoms with E-state index in [0.29, 0.717) is 0 Å². The smallest absolute Gasteiger partial charge is 0.129 e. The van der Waals surface area contributed by atoms with Gasteiger partial charge in [0.15, 0.2) is 0 Å². The maximum Gasteiger partial charge on any atom is 0.129 e. The quantitative estimate of drug-likeness (QED) is 0.780. The van der Waals surface area contributed by atoms with E-state index in [1.807, 2.05) is 24.3 Å². The minimum absolute atomic E-state index is 0.725. The normalized spacial score (nSPS) is 15.5. The first-order chi connectivity index (χ1) is 8.83. The van der Waals surface area contributed by atoms with Crippen molar-refractivity contribution >= 4 is 17.2 Å². The second kappa shape index (κ2) is 6.71.